The molecule has 1 aromatic rings. The van der Waals surface area contributed by atoms with Crippen LogP contribution in [0.4, 0.5) is 5.69 Å². The lowest BCUT2D eigenvalue weighted by Crippen LogP contribution is -2.33. The summed E-state index contributed by atoms with van der Waals surface area (Å²) in [4.78, 5) is 14.2. The molecule has 1 N–H and O–H groups in total. The van der Waals surface area contributed by atoms with Gasteiger partial charge in [-0.05, 0) is 19.5 Å². The highest BCUT2D eigenvalue weighted by molar-refractivity contribution is 6.04. The molecule has 2 rings (SSSR count). The summed E-state index contributed by atoms with van der Waals surface area (Å²) in [6.45, 7) is 2.90. The van der Waals surface area contributed by atoms with Gasteiger partial charge >= 0.3 is 0 Å². The molecule has 4 heteroatoms. The van der Waals surface area contributed by atoms with E-state index in [1.165, 1.54) is 0 Å². The van der Waals surface area contributed by atoms with Crippen molar-refractivity contribution >= 4 is 11.6 Å². The molecule has 1 amide bonds. The third kappa shape index (κ3) is 2.08. The van der Waals surface area contributed by atoms with Crippen LogP contribution in [-0.2, 0) is 4.79 Å². The molecule has 98 valence electrons. The van der Waals surface area contributed by atoms with Gasteiger partial charge in [-0.1, -0.05) is 19.4 Å². The predicted octanol–water partition coefficient (Wildman–Crippen LogP) is 2.10. The SMILES string of the molecule is CCCCN1C(=O)C(NC)c2ccc(OC)cc21. The van der Waals surface area contributed by atoms with Crippen LogP contribution in [0.25, 0.3) is 0 Å². The van der Waals surface area contributed by atoms with E-state index in [2.05, 4.69) is 12.2 Å². The molecule has 1 aliphatic rings. The van der Waals surface area contributed by atoms with E-state index in [1.54, 1.807) is 7.11 Å². The highest BCUT2D eigenvalue weighted by Crippen LogP contribution is 2.38. The Morgan fingerprint density at radius 2 is 2.22 bits per heavy atom. The van der Waals surface area contributed by atoms with Gasteiger partial charge in [0, 0.05) is 18.2 Å². The summed E-state index contributed by atoms with van der Waals surface area (Å²) in [5.74, 6) is 0.925. The van der Waals surface area contributed by atoms with Crippen molar-refractivity contribution in [1.29, 1.82) is 0 Å². The number of likely N-dealkylation sites (N-methyl/N-ethyl adjacent to an activating group) is 1. The summed E-state index contributed by atoms with van der Waals surface area (Å²) in [5.41, 5.74) is 2.02. The molecule has 1 atom stereocenters. The predicted molar refractivity (Wildman–Crippen MR) is 72.1 cm³/mol. The van der Waals surface area contributed by atoms with Crippen molar-refractivity contribution in [1.82, 2.24) is 5.32 Å². The van der Waals surface area contributed by atoms with Gasteiger partial charge in [0.2, 0.25) is 5.91 Å². The van der Waals surface area contributed by atoms with Crippen LogP contribution in [0.3, 0.4) is 0 Å². The van der Waals surface area contributed by atoms with Gasteiger partial charge < -0.3 is 15.0 Å². The maximum atomic E-state index is 12.3. The Morgan fingerprint density at radius 1 is 1.44 bits per heavy atom. The number of benzene rings is 1. The Labute approximate surface area is 108 Å². The molecule has 1 heterocycles. The Balaban J connectivity index is 2.37. The number of methoxy groups -OCH3 is 1. The molecule has 1 aromatic carbocycles. The van der Waals surface area contributed by atoms with Gasteiger partial charge in [-0.15, -0.1) is 0 Å². The second kappa shape index (κ2) is 5.40. The molecule has 0 aromatic heterocycles. The van der Waals surface area contributed by atoms with Gasteiger partial charge in [-0.25, -0.2) is 0 Å². The number of carbonyl (C=O) groups excluding carboxylic acids is 1. The minimum absolute atomic E-state index is 0.134. The van der Waals surface area contributed by atoms with Crippen LogP contribution in [0.5, 0.6) is 5.75 Å². The largest absolute Gasteiger partial charge is 0.497 e. The molecule has 0 saturated heterocycles. The van der Waals surface area contributed by atoms with E-state index >= 15 is 0 Å². The smallest absolute Gasteiger partial charge is 0.248 e. The van der Waals surface area contributed by atoms with E-state index in [1.807, 2.05) is 30.1 Å². The fourth-order valence-corrected chi connectivity index (χ4v) is 2.36. The Kier molecular flexibility index (Phi) is 3.87. The van der Waals surface area contributed by atoms with E-state index in [0.29, 0.717) is 0 Å². The summed E-state index contributed by atoms with van der Waals surface area (Å²) >= 11 is 0. The topological polar surface area (TPSA) is 41.6 Å². The number of fused-ring (bicyclic) bond motifs is 1. The molecular weight excluding hydrogens is 228 g/mol. The first-order chi connectivity index (χ1) is 8.72. The average Bonchev–Trinajstić information content (AvgIpc) is 2.67. The number of ether oxygens (including phenoxy) is 1. The van der Waals surface area contributed by atoms with Crippen LogP contribution in [0.2, 0.25) is 0 Å². The molecule has 0 aliphatic carbocycles. The third-order valence-corrected chi connectivity index (χ3v) is 3.38. The molecule has 1 aliphatic heterocycles. The maximum absolute atomic E-state index is 12.3. The fourth-order valence-electron chi connectivity index (χ4n) is 2.36. The van der Waals surface area contributed by atoms with Crippen molar-refractivity contribution < 1.29 is 9.53 Å². The van der Waals surface area contributed by atoms with Crippen molar-refractivity contribution in [2.24, 2.45) is 0 Å². The van der Waals surface area contributed by atoms with E-state index in [4.69, 9.17) is 4.74 Å². The molecule has 0 bridgehead atoms. The monoisotopic (exact) mass is 248 g/mol. The number of hydrogen-bond donors (Lipinski definition) is 1. The second-order valence-corrected chi connectivity index (χ2v) is 4.49. The minimum Gasteiger partial charge on any atom is -0.497 e. The Bertz CT molecular complexity index is 445. The van der Waals surface area contributed by atoms with Crippen LogP contribution in [0.15, 0.2) is 18.2 Å². The first-order valence-electron chi connectivity index (χ1n) is 6.39. The van der Waals surface area contributed by atoms with Gasteiger partial charge in [0.05, 0.1) is 12.8 Å². The number of amides is 1. The Hall–Kier alpha value is -1.55. The van der Waals surface area contributed by atoms with Crippen molar-refractivity contribution in [3.05, 3.63) is 23.8 Å². The summed E-state index contributed by atoms with van der Waals surface area (Å²) in [6, 6.07) is 5.60. The highest BCUT2D eigenvalue weighted by Gasteiger charge is 2.35. The molecule has 0 fully saturated rings. The van der Waals surface area contributed by atoms with Crippen LogP contribution in [-0.4, -0.2) is 26.6 Å². The van der Waals surface area contributed by atoms with E-state index in [9.17, 15) is 4.79 Å². The fraction of sp³-hybridized carbons (Fsp3) is 0.500. The zero-order valence-electron chi connectivity index (χ0n) is 11.2. The number of nitrogens with one attached hydrogen (secondary N) is 1. The molecule has 0 radical (unpaired) electrons. The zero-order valence-corrected chi connectivity index (χ0v) is 11.2. The number of unbranched alkanes of at least 4 members (excludes halogenated alkanes) is 1. The standard InChI is InChI=1S/C14H20N2O2/c1-4-5-8-16-12-9-10(18-3)6-7-11(12)13(15-2)14(16)17/h6-7,9,13,15H,4-5,8H2,1-3H3. The first-order valence-corrected chi connectivity index (χ1v) is 6.39. The third-order valence-electron chi connectivity index (χ3n) is 3.38. The summed E-state index contributed by atoms with van der Waals surface area (Å²) in [6.07, 6.45) is 2.09. The molecule has 1 unspecified atom stereocenters. The van der Waals surface area contributed by atoms with Gasteiger partial charge in [0.1, 0.15) is 11.8 Å². The molecule has 18 heavy (non-hydrogen) atoms. The van der Waals surface area contributed by atoms with Gasteiger partial charge in [0.25, 0.3) is 0 Å². The van der Waals surface area contributed by atoms with Crippen LogP contribution in [0.1, 0.15) is 31.4 Å². The van der Waals surface area contributed by atoms with E-state index in [0.717, 1.165) is 36.4 Å². The first kappa shape index (κ1) is 12.9. The average molecular weight is 248 g/mol. The van der Waals surface area contributed by atoms with Crippen LogP contribution >= 0.6 is 0 Å². The zero-order chi connectivity index (χ0) is 13.1. The van der Waals surface area contributed by atoms with Crippen molar-refractivity contribution in [3.63, 3.8) is 0 Å². The number of nitrogens with zero attached hydrogens (tertiary/aromatic N) is 1. The molecule has 4 nitrogen and oxygen atoms in total. The maximum Gasteiger partial charge on any atom is 0.248 e. The number of anilines is 1. The quantitative estimate of drug-likeness (QED) is 0.867. The van der Waals surface area contributed by atoms with Crippen molar-refractivity contribution in [3.8, 4) is 5.75 Å². The van der Waals surface area contributed by atoms with Gasteiger partial charge in [0.15, 0.2) is 0 Å². The summed E-state index contributed by atoms with van der Waals surface area (Å²) in [7, 11) is 3.46. The lowest BCUT2D eigenvalue weighted by atomic mass is 10.1. The van der Waals surface area contributed by atoms with E-state index < -0.39 is 0 Å². The molecule has 0 spiro atoms. The minimum atomic E-state index is -0.220. The van der Waals surface area contributed by atoms with Gasteiger partial charge in [-0.3, -0.25) is 4.79 Å². The van der Waals surface area contributed by atoms with Crippen molar-refractivity contribution in [2.45, 2.75) is 25.8 Å². The van der Waals surface area contributed by atoms with Crippen molar-refractivity contribution in [2.75, 3.05) is 25.6 Å². The molecule has 0 saturated carbocycles. The van der Waals surface area contributed by atoms with E-state index in [-0.39, 0.29) is 11.9 Å². The Morgan fingerprint density at radius 3 is 2.83 bits per heavy atom. The second-order valence-electron chi connectivity index (χ2n) is 4.49. The lowest BCUT2D eigenvalue weighted by Gasteiger charge is -2.17. The number of carbonyl (C=O) groups is 1. The normalized spacial score (nSPS) is 18.1. The summed E-state index contributed by atoms with van der Waals surface area (Å²) in [5, 5.41) is 3.08. The van der Waals surface area contributed by atoms with Gasteiger partial charge in [-0.2, -0.15) is 0 Å². The van der Waals surface area contributed by atoms with Crippen LogP contribution in [0, 0.1) is 0 Å². The van der Waals surface area contributed by atoms with Crippen LogP contribution < -0.4 is 15.0 Å². The number of hydrogen-bond acceptors (Lipinski definition) is 3. The lowest BCUT2D eigenvalue weighted by molar-refractivity contribution is -0.119. The number of rotatable bonds is 5. The molecular formula is C14H20N2O2. The summed E-state index contributed by atoms with van der Waals surface area (Å²) < 4.78 is 5.24. The highest BCUT2D eigenvalue weighted by atomic mass is 16.5.